The van der Waals surface area contributed by atoms with Crippen LogP contribution in [0.3, 0.4) is 0 Å². The molecule has 0 heterocycles. The summed E-state index contributed by atoms with van der Waals surface area (Å²) < 4.78 is 33.8. The highest BCUT2D eigenvalue weighted by molar-refractivity contribution is 7.45. The normalized spacial score (nSPS) is 13.8. The number of unbranched alkanes of at least 4 members (excludes halogenated alkanes) is 21. The Morgan fingerprint density at radius 1 is 0.600 bits per heavy atom. The van der Waals surface area contributed by atoms with Crippen molar-refractivity contribution in [2.45, 2.75) is 187 Å². The minimum absolute atomic E-state index is 0.0296. The van der Waals surface area contributed by atoms with Gasteiger partial charge >= 0.3 is 11.9 Å². The van der Waals surface area contributed by atoms with Crippen molar-refractivity contribution in [3.05, 3.63) is 12.2 Å². The van der Waals surface area contributed by atoms with Gasteiger partial charge in [0.25, 0.3) is 7.82 Å². The first-order valence-corrected chi connectivity index (χ1v) is 21.9. The number of nitrogens with zero attached hydrogens (tertiary/aromatic N) is 1. The maximum atomic E-state index is 12.6. The molecule has 0 bridgehead atoms. The molecule has 0 aromatic heterocycles. The second-order valence-corrected chi connectivity index (χ2v) is 16.4. The third-order valence-electron chi connectivity index (χ3n) is 8.79. The molecule has 50 heavy (non-hydrogen) atoms. The number of esters is 2. The lowest BCUT2D eigenvalue weighted by molar-refractivity contribution is -0.870. The van der Waals surface area contributed by atoms with Gasteiger partial charge in [0.2, 0.25) is 0 Å². The van der Waals surface area contributed by atoms with Gasteiger partial charge in [0.1, 0.15) is 19.8 Å². The molecule has 0 aromatic carbocycles. The van der Waals surface area contributed by atoms with Gasteiger partial charge in [0, 0.05) is 12.8 Å². The molecule has 0 aliphatic carbocycles. The third kappa shape index (κ3) is 36.5. The summed E-state index contributed by atoms with van der Waals surface area (Å²) in [6.45, 7) is 4.20. The van der Waals surface area contributed by atoms with Gasteiger partial charge in [-0.3, -0.25) is 14.2 Å². The van der Waals surface area contributed by atoms with Crippen LogP contribution in [0, 0.1) is 0 Å². The highest BCUT2D eigenvalue weighted by atomic mass is 31.2. The van der Waals surface area contributed by atoms with Gasteiger partial charge in [-0.1, -0.05) is 142 Å². The van der Waals surface area contributed by atoms with E-state index in [0.717, 1.165) is 51.4 Å². The number of rotatable bonds is 37. The number of phosphoric acid groups is 1. The Balaban J connectivity index is 4.41. The third-order valence-corrected chi connectivity index (χ3v) is 9.75. The van der Waals surface area contributed by atoms with Crippen molar-refractivity contribution in [1.82, 2.24) is 0 Å². The molecule has 0 N–H and O–H groups in total. The summed E-state index contributed by atoms with van der Waals surface area (Å²) in [5.74, 6) is -0.839. The quantitative estimate of drug-likeness (QED) is 0.0204. The lowest BCUT2D eigenvalue weighted by Crippen LogP contribution is -2.37. The zero-order chi connectivity index (χ0) is 37.2. The van der Waals surface area contributed by atoms with Crippen molar-refractivity contribution < 1.29 is 42.1 Å². The minimum Gasteiger partial charge on any atom is -0.756 e. The van der Waals surface area contributed by atoms with Gasteiger partial charge < -0.3 is 27.9 Å². The van der Waals surface area contributed by atoms with Crippen molar-refractivity contribution in [2.75, 3.05) is 47.5 Å². The Kier molecular flexibility index (Phi) is 32.7. The largest absolute Gasteiger partial charge is 0.756 e. The van der Waals surface area contributed by atoms with Gasteiger partial charge in [0.05, 0.1) is 27.7 Å². The van der Waals surface area contributed by atoms with E-state index >= 15 is 0 Å². The van der Waals surface area contributed by atoms with Gasteiger partial charge in [0.15, 0.2) is 6.10 Å². The number of carbonyl (C=O) groups is 2. The topological polar surface area (TPSA) is 111 Å². The first-order chi connectivity index (χ1) is 24.0. The Morgan fingerprint density at radius 2 is 1.02 bits per heavy atom. The predicted molar refractivity (Wildman–Crippen MR) is 204 cm³/mol. The molecule has 0 rings (SSSR count). The van der Waals surface area contributed by atoms with E-state index in [1.807, 2.05) is 21.1 Å². The zero-order valence-electron chi connectivity index (χ0n) is 33.1. The van der Waals surface area contributed by atoms with Crippen LogP contribution in [-0.4, -0.2) is 70.0 Å². The van der Waals surface area contributed by atoms with Crippen molar-refractivity contribution in [2.24, 2.45) is 0 Å². The maximum absolute atomic E-state index is 12.6. The van der Waals surface area contributed by atoms with Crippen LogP contribution in [0.25, 0.3) is 0 Å². The Labute approximate surface area is 307 Å². The van der Waals surface area contributed by atoms with Crippen LogP contribution in [0.5, 0.6) is 0 Å². The van der Waals surface area contributed by atoms with Crippen LogP contribution in [0.1, 0.15) is 181 Å². The molecule has 2 atom stereocenters. The number of carbonyl (C=O) groups excluding carboxylic acids is 2. The molecule has 9 nitrogen and oxygen atoms in total. The van der Waals surface area contributed by atoms with Crippen LogP contribution in [0.15, 0.2) is 12.2 Å². The van der Waals surface area contributed by atoms with E-state index in [4.69, 9.17) is 18.5 Å². The molecule has 0 radical (unpaired) electrons. The molecule has 0 saturated carbocycles. The standard InChI is InChI=1S/C40H78NO8P/c1-6-8-10-12-14-16-18-20-21-23-25-27-29-31-33-40(43)49-38(37-48-50(44,45)47-35-34-41(3,4)5)36-46-39(42)32-30-28-26-24-22-19-17-15-13-11-9-7-2/h18,20,38H,6-17,19,21-37H2,1-5H3/b20-18-. The van der Waals surface area contributed by atoms with Gasteiger partial charge in [-0.2, -0.15) is 0 Å². The Hall–Kier alpha value is -1.25. The first kappa shape index (κ1) is 48.8. The number of hydrogen-bond acceptors (Lipinski definition) is 8. The van der Waals surface area contributed by atoms with Crippen molar-refractivity contribution >= 4 is 19.8 Å². The summed E-state index contributed by atoms with van der Waals surface area (Å²) in [6.07, 6.45) is 32.3. The molecule has 2 unspecified atom stereocenters. The molecule has 0 aliphatic heterocycles. The summed E-state index contributed by atoms with van der Waals surface area (Å²) >= 11 is 0. The van der Waals surface area contributed by atoms with Crippen LogP contribution >= 0.6 is 7.82 Å². The Morgan fingerprint density at radius 3 is 1.48 bits per heavy atom. The fourth-order valence-corrected chi connectivity index (χ4v) is 6.26. The van der Waals surface area contributed by atoms with Crippen LogP contribution in [-0.2, 0) is 32.7 Å². The lowest BCUT2D eigenvalue weighted by Gasteiger charge is -2.28. The molecule has 0 fully saturated rings. The van der Waals surface area contributed by atoms with Crippen molar-refractivity contribution in [3.8, 4) is 0 Å². The van der Waals surface area contributed by atoms with E-state index in [1.165, 1.54) is 96.3 Å². The SMILES string of the molecule is CCCCCCC/C=C\CCCCCCCC(=O)OC(COC(=O)CCCCCCCCCCCCCC)COP(=O)([O-])OCC[N+](C)(C)C. The molecule has 0 amide bonds. The second-order valence-electron chi connectivity index (χ2n) is 15.0. The van der Waals surface area contributed by atoms with E-state index in [0.29, 0.717) is 17.4 Å². The molecule has 296 valence electrons. The zero-order valence-corrected chi connectivity index (χ0v) is 34.0. The Bertz CT molecular complexity index is 876. The van der Waals surface area contributed by atoms with E-state index in [2.05, 4.69) is 26.0 Å². The van der Waals surface area contributed by atoms with E-state index < -0.39 is 26.5 Å². The smallest absolute Gasteiger partial charge is 0.306 e. The predicted octanol–water partition coefficient (Wildman–Crippen LogP) is 10.4. The monoisotopic (exact) mass is 732 g/mol. The van der Waals surface area contributed by atoms with Crippen molar-refractivity contribution in [1.29, 1.82) is 0 Å². The van der Waals surface area contributed by atoms with Crippen molar-refractivity contribution in [3.63, 3.8) is 0 Å². The van der Waals surface area contributed by atoms with Crippen LogP contribution in [0.2, 0.25) is 0 Å². The van der Waals surface area contributed by atoms with Crippen LogP contribution in [0.4, 0.5) is 0 Å². The first-order valence-electron chi connectivity index (χ1n) is 20.4. The summed E-state index contributed by atoms with van der Waals surface area (Å²) in [7, 11) is 1.17. The molecular weight excluding hydrogens is 653 g/mol. The average Bonchev–Trinajstić information content (AvgIpc) is 3.06. The fraction of sp³-hybridized carbons (Fsp3) is 0.900. The van der Waals surface area contributed by atoms with Gasteiger partial charge in [-0.25, -0.2) is 0 Å². The minimum atomic E-state index is -4.61. The number of allylic oxidation sites excluding steroid dienone is 2. The number of quaternary nitrogens is 1. The van der Waals surface area contributed by atoms with Gasteiger partial charge in [-0.05, 0) is 38.5 Å². The molecule has 0 aromatic rings. The van der Waals surface area contributed by atoms with Gasteiger partial charge in [-0.15, -0.1) is 0 Å². The molecular formula is C40H78NO8P. The number of hydrogen-bond donors (Lipinski definition) is 0. The second kappa shape index (κ2) is 33.6. The summed E-state index contributed by atoms with van der Waals surface area (Å²) in [5, 5.41) is 0. The maximum Gasteiger partial charge on any atom is 0.306 e. The highest BCUT2D eigenvalue weighted by Crippen LogP contribution is 2.38. The fourth-order valence-electron chi connectivity index (χ4n) is 5.53. The van der Waals surface area contributed by atoms with E-state index in [9.17, 15) is 19.0 Å². The molecule has 10 heteroatoms. The van der Waals surface area contributed by atoms with E-state index in [-0.39, 0.29) is 32.0 Å². The number of ether oxygens (including phenoxy) is 2. The molecule has 0 aliphatic rings. The van der Waals surface area contributed by atoms with E-state index in [1.54, 1.807) is 0 Å². The number of phosphoric ester groups is 1. The molecule has 0 saturated heterocycles. The summed E-state index contributed by atoms with van der Waals surface area (Å²) in [6, 6.07) is 0. The highest BCUT2D eigenvalue weighted by Gasteiger charge is 2.21. The summed E-state index contributed by atoms with van der Waals surface area (Å²) in [4.78, 5) is 37.4. The molecule has 0 spiro atoms. The van der Waals surface area contributed by atoms with Crippen LogP contribution < -0.4 is 4.89 Å². The summed E-state index contributed by atoms with van der Waals surface area (Å²) in [5.41, 5.74) is 0. The lowest BCUT2D eigenvalue weighted by atomic mass is 10.0. The average molecular weight is 732 g/mol. The number of likely N-dealkylation sites (N-methyl/N-ethyl adjacent to an activating group) is 1.